The van der Waals surface area contributed by atoms with Gasteiger partial charge in [0, 0.05) is 5.69 Å². The second-order valence-electron chi connectivity index (χ2n) is 7.15. The van der Waals surface area contributed by atoms with Crippen LogP contribution in [-0.4, -0.2) is 47.9 Å². The van der Waals surface area contributed by atoms with Crippen LogP contribution in [0, 0.1) is 6.92 Å². The van der Waals surface area contributed by atoms with E-state index in [1.54, 1.807) is 18.5 Å². The second-order valence-corrected chi connectivity index (χ2v) is 7.15. The number of fused-ring (bicyclic) bond motifs is 1. The highest BCUT2D eigenvalue weighted by molar-refractivity contribution is 5.96. The molecule has 0 spiro atoms. The average Bonchev–Trinajstić information content (AvgIpc) is 3.17. The number of hydrazine groups is 1. The monoisotopic (exact) mass is 393 g/mol. The summed E-state index contributed by atoms with van der Waals surface area (Å²) >= 11 is 0. The van der Waals surface area contributed by atoms with Crippen molar-refractivity contribution < 1.29 is 14.3 Å². The third kappa shape index (κ3) is 4.07. The van der Waals surface area contributed by atoms with E-state index in [0.29, 0.717) is 12.1 Å². The van der Waals surface area contributed by atoms with E-state index in [9.17, 15) is 9.59 Å². The lowest BCUT2D eigenvalue weighted by molar-refractivity contribution is -0.139. The fourth-order valence-corrected chi connectivity index (χ4v) is 3.48. The first kappa shape index (κ1) is 18.9. The molecule has 2 aliphatic rings. The maximum absolute atomic E-state index is 12.8. The van der Waals surface area contributed by atoms with E-state index in [0.717, 1.165) is 16.9 Å². The van der Waals surface area contributed by atoms with E-state index >= 15 is 0 Å². The molecule has 0 aromatic heterocycles. The predicted molar refractivity (Wildman–Crippen MR) is 109 cm³/mol. The lowest BCUT2D eigenvalue weighted by Gasteiger charge is -2.29. The minimum Gasteiger partial charge on any atom is -0.497 e. The van der Waals surface area contributed by atoms with Crippen molar-refractivity contribution in [2.24, 2.45) is 5.10 Å². The number of aryl methyl sites for hydroxylation is 1. The number of hydrogen-bond donors (Lipinski definition) is 2. The lowest BCUT2D eigenvalue weighted by atomic mass is 10.0. The van der Waals surface area contributed by atoms with E-state index in [1.807, 2.05) is 55.5 Å². The summed E-state index contributed by atoms with van der Waals surface area (Å²) in [6.07, 6.45) is 2.15. The van der Waals surface area contributed by atoms with Gasteiger partial charge in [0.2, 0.25) is 5.91 Å². The molecule has 2 aromatic rings. The van der Waals surface area contributed by atoms with Crippen molar-refractivity contribution in [1.29, 1.82) is 0 Å². The molecule has 4 rings (SSSR count). The Morgan fingerprint density at radius 2 is 1.93 bits per heavy atom. The van der Waals surface area contributed by atoms with Crippen LogP contribution in [0.1, 0.15) is 23.6 Å². The van der Waals surface area contributed by atoms with E-state index in [1.165, 1.54) is 5.01 Å². The molecule has 1 saturated heterocycles. The van der Waals surface area contributed by atoms with Crippen LogP contribution in [0.3, 0.4) is 0 Å². The first-order valence-electron chi connectivity index (χ1n) is 9.44. The maximum atomic E-state index is 12.8. The normalized spacial score (nSPS) is 20.6. The molecule has 2 atom stereocenters. The first-order valence-corrected chi connectivity index (χ1v) is 9.44. The van der Waals surface area contributed by atoms with Gasteiger partial charge in [-0.2, -0.15) is 5.10 Å². The quantitative estimate of drug-likeness (QED) is 0.812. The van der Waals surface area contributed by atoms with Gasteiger partial charge < -0.3 is 10.1 Å². The first-order chi connectivity index (χ1) is 14.0. The van der Waals surface area contributed by atoms with Gasteiger partial charge in [-0.1, -0.05) is 29.8 Å². The fraction of sp³-hybridized carbons (Fsp3) is 0.286. The van der Waals surface area contributed by atoms with Crippen molar-refractivity contribution in [3.05, 3.63) is 59.7 Å². The highest BCUT2D eigenvalue weighted by Gasteiger charge is 2.41. The third-order valence-electron chi connectivity index (χ3n) is 5.10. The predicted octanol–water partition coefficient (Wildman–Crippen LogP) is 2.05. The van der Waals surface area contributed by atoms with E-state index < -0.39 is 6.04 Å². The van der Waals surface area contributed by atoms with E-state index in [2.05, 4.69) is 15.8 Å². The number of hydrogen-bond acceptors (Lipinski definition) is 6. The second kappa shape index (κ2) is 7.92. The molecule has 0 saturated carbocycles. The van der Waals surface area contributed by atoms with Crippen molar-refractivity contribution in [2.75, 3.05) is 19.0 Å². The maximum Gasteiger partial charge on any atom is 0.267 e. The molecule has 150 valence electrons. The number of anilines is 1. The topological polar surface area (TPSA) is 86.3 Å². The van der Waals surface area contributed by atoms with Gasteiger partial charge in [0.1, 0.15) is 24.7 Å². The number of hydrazone groups is 1. The molecule has 2 aromatic carbocycles. The molecule has 29 heavy (non-hydrogen) atoms. The Morgan fingerprint density at radius 1 is 1.21 bits per heavy atom. The number of carbonyl (C=O) groups is 2. The van der Waals surface area contributed by atoms with Crippen LogP contribution in [0.15, 0.2) is 53.6 Å². The zero-order chi connectivity index (χ0) is 20.4. The Balaban J connectivity index is 1.38. The lowest BCUT2D eigenvalue weighted by Crippen LogP contribution is -2.52. The van der Waals surface area contributed by atoms with Gasteiger partial charge in [-0.05, 0) is 43.2 Å². The van der Waals surface area contributed by atoms with Crippen LogP contribution in [0.25, 0.3) is 0 Å². The van der Waals surface area contributed by atoms with E-state index in [4.69, 9.17) is 4.74 Å². The summed E-state index contributed by atoms with van der Waals surface area (Å²) in [7, 11) is 1.63. The smallest absolute Gasteiger partial charge is 0.267 e. The van der Waals surface area contributed by atoms with Crippen molar-refractivity contribution >= 4 is 23.8 Å². The summed E-state index contributed by atoms with van der Waals surface area (Å²) < 4.78 is 5.19. The number of ether oxygens (including phenoxy) is 1. The molecule has 8 heteroatoms. The standard InChI is InChI=1S/C21H23N5O3/c1-14-3-7-16(8-4-14)23-20(27)12-25-21(28)19-11-18(24-26(19)13-22-25)15-5-9-17(29-2)10-6-15/h3-10,13,18-19,24H,11-12H2,1-2H3,(H,23,27). The van der Waals surface area contributed by atoms with Gasteiger partial charge in [-0.3, -0.25) is 14.6 Å². The highest BCUT2D eigenvalue weighted by atomic mass is 16.5. The Bertz CT molecular complexity index is 926. The van der Waals surface area contributed by atoms with Crippen LogP contribution in [-0.2, 0) is 9.59 Å². The molecule has 0 radical (unpaired) electrons. The third-order valence-corrected chi connectivity index (χ3v) is 5.10. The molecule has 2 N–H and O–H groups in total. The molecule has 8 nitrogen and oxygen atoms in total. The SMILES string of the molecule is COc1ccc(C2CC3C(=O)N(CC(=O)Nc4ccc(C)cc4)N=CN3N2)cc1. The molecule has 2 amide bonds. The summed E-state index contributed by atoms with van der Waals surface area (Å²) in [5, 5.41) is 9.88. The molecule has 0 aliphatic carbocycles. The Morgan fingerprint density at radius 3 is 2.62 bits per heavy atom. The molecule has 2 unspecified atom stereocenters. The van der Waals surface area contributed by atoms with Gasteiger partial charge in [0.15, 0.2) is 0 Å². The van der Waals surface area contributed by atoms with Gasteiger partial charge in [-0.15, -0.1) is 0 Å². The largest absolute Gasteiger partial charge is 0.497 e. The molecule has 1 fully saturated rings. The molecular formula is C21H23N5O3. The number of nitrogens with zero attached hydrogens (tertiary/aromatic N) is 3. The summed E-state index contributed by atoms with van der Waals surface area (Å²) in [6, 6.07) is 14.8. The Hall–Kier alpha value is -3.39. The number of methoxy groups -OCH3 is 1. The fourth-order valence-electron chi connectivity index (χ4n) is 3.48. The van der Waals surface area contributed by atoms with Crippen LogP contribution < -0.4 is 15.5 Å². The van der Waals surface area contributed by atoms with Gasteiger partial charge >= 0.3 is 0 Å². The van der Waals surface area contributed by atoms with Crippen LogP contribution in [0.5, 0.6) is 5.75 Å². The number of benzene rings is 2. The number of carbonyl (C=O) groups excluding carboxylic acids is 2. The minimum absolute atomic E-state index is 0.0114. The minimum atomic E-state index is -0.397. The van der Waals surface area contributed by atoms with Crippen LogP contribution in [0.4, 0.5) is 5.69 Å². The van der Waals surface area contributed by atoms with Crippen molar-refractivity contribution in [3.63, 3.8) is 0 Å². The molecule has 2 heterocycles. The van der Waals surface area contributed by atoms with Gasteiger partial charge in [-0.25, -0.2) is 10.4 Å². The highest BCUT2D eigenvalue weighted by Crippen LogP contribution is 2.30. The van der Waals surface area contributed by atoms with Crippen molar-refractivity contribution in [1.82, 2.24) is 15.4 Å². The Labute approximate surface area is 169 Å². The molecule has 0 bridgehead atoms. The van der Waals surface area contributed by atoms with Gasteiger partial charge in [0.05, 0.1) is 13.2 Å². The summed E-state index contributed by atoms with van der Waals surface area (Å²) in [6.45, 7) is 1.86. The zero-order valence-electron chi connectivity index (χ0n) is 16.3. The van der Waals surface area contributed by atoms with E-state index in [-0.39, 0.29) is 24.4 Å². The number of amides is 2. The molecule has 2 aliphatic heterocycles. The Kier molecular flexibility index (Phi) is 5.18. The zero-order valence-corrected chi connectivity index (χ0v) is 16.3. The number of nitrogens with one attached hydrogen (secondary N) is 2. The number of rotatable bonds is 5. The van der Waals surface area contributed by atoms with Gasteiger partial charge in [0.25, 0.3) is 5.91 Å². The molecular weight excluding hydrogens is 370 g/mol. The summed E-state index contributed by atoms with van der Waals surface area (Å²) in [4.78, 5) is 25.2. The summed E-state index contributed by atoms with van der Waals surface area (Å²) in [5.41, 5.74) is 6.15. The van der Waals surface area contributed by atoms with Crippen molar-refractivity contribution in [3.8, 4) is 5.75 Å². The summed E-state index contributed by atoms with van der Waals surface area (Å²) in [5.74, 6) is 0.299. The van der Waals surface area contributed by atoms with Crippen molar-refractivity contribution in [2.45, 2.75) is 25.4 Å². The van der Waals surface area contributed by atoms with Crippen LogP contribution >= 0.6 is 0 Å². The average molecular weight is 393 g/mol. The van der Waals surface area contributed by atoms with Crippen LogP contribution in [0.2, 0.25) is 0 Å².